The van der Waals surface area contributed by atoms with Crippen molar-refractivity contribution in [2.75, 3.05) is 13.1 Å². The molecule has 1 amide bonds. The Morgan fingerprint density at radius 1 is 1.33 bits per heavy atom. The molecule has 0 saturated carbocycles. The maximum atomic E-state index is 12.0. The van der Waals surface area contributed by atoms with E-state index in [1.54, 1.807) is 0 Å². The third kappa shape index (κ3) is 2.02. The van der Waals surface area contributed by atoms with Gasteiger partial charge in [-0.05, 0) is 25.0 Å². The highest BCUT2D eigenvalue weighted by molar-refractivity contribution is 5.97. The molecule has 3 nitrogen and oxygen atoms in total. The van der Waals surface area contributed by atoms with Crippen LogP contribution < -0.4 is 10.6 Å². The fraction of sp³-hybridized carbons (Fsp3) is 0.417. The largest absolute Gasteiger partial charge is 0.347 e. The van der Waals surface area contributed by atoms with Crippen LogP contribution in [0.5, 0.6) is 0 Å². The topological polar surface area (TPSA) is 41.1 Å². The molecule has 0 unspecified atom stereocenters. The van der Waals surface area contributed by atoms with Gasteiger partial charge in [0.15, 0.2) is 0 Å². The summed E-state index contributed by atoms with van der Waals surface area (Å²) in [4.78, 5) is 12.0. The van der Waals surface area contributed by atoms with Gasteiger partial charge in [0, 0.05) is 18.7 Å². The van der Waals surface area contributed by atoms with Gasteiger partial charge in [-0.1, -0.05) is 18.2 Å². The zero-order chi connectivity index (χ0) is 10.8. The minimum absolute atomic E-state index is 0.0529. The van der Waals surface area contributed by atoms with Crippen molar-refractivity contribution < 1.29 is 4.79 Å². The van der Waals surface area contributed by atoms with Gasteiger partial charge in [0.05, 0.1) is 6.04 Å². The van der Waals surface area contributed by atoms with Crippen molar-refractivity contribution in [3.63, 3.8) is 0 Å². The molecule has 0 aliphatic carbocycles. The van der Waals surface area contributed by atoms with Crippen molar-refractivity contribution in [1.29, 1.82) is 0 Å². The molecule has 0 atom stereocenters. The SMILES string of the molecule is Cc1cccc(C)c1C(=O)NC1CNC1. The average molecular weight is 204 g/mol. The van der Waals surface area contributed by atoms with E-state index >= 15 is 0 Å². The van der Waals surface area contributed by atoms with Gasteiger partial charge >= 0.3 is 0 Å². The highest BCUT2D eigenvalue weighted by atomic mass is 16.1. The van der Waals surface area contributed by atoms with Crippen LogP contribution in [0.15, 0.2) is 18.2 Å². The summed E-state index contributed by atoms with van der Waals surface area (Å²) in [6.45, 7) is 5.72. The lowest BCUT2D eigenvalue weighted by molar-refractivity contribution is 0.0922. The molecule has 1 aromatic rings. The molecule has 0 aromatic heterocycles. The Labute approximate surface area is 89.9 Å². The third-order valence-corrected chi connectivity index (χ3v) is 2.82. The Morgan fingerprint density at radius 3 is 2.40 bits per heavy atom. The van der Waals surface area contributed by atoms with Crippen molar-refractivity contribution in [1.82, 2.24) is 10.6 Å². The third-order valence-electron chi connectivity index (χ3n) is 2.82. The van der Waals surface area contributed by atoms with Gasteiger partial charge in [-0.3, -0.25) is 4.79 Å². The lowest BCUT2D eigenvalue weighted by atomic mass is 10.0. The number of hydrogen-bond acceptors (Lipinski definition) is 2. The summed E-state index contributed by atoms with van der Waals surface area (Å²) in [5, 5.41) is 6.15. The lowest BCUT2D eigenvalue weighted by Crippen LogP contribution is -2.57. The van der Waals surface area contributed by atoms with E-state index in [-0.39, 0.29) is 5.91 Å². The minimum atomic E-state index is 0.0529. The number of carbonyl (C=O) groups is 1. The van der Waals surface area contributed by atoms with Crippen molar-refractivity contribution in [3.05, 3.63) is 34.9 Å². The molecule has 0 spiro atoms. The first-order valence-corrected chi connectivity index (χ1v) is 5.26. The fourth-order valence-corrected chi connectivity index (χ4v) is 1.82. The fourth-order valence-electron chi connectivity index (χ4n) is 1.82. The quantitative estimate of drug-likeness (QED) is 0.754. The zero-order valence-corrected chi connectivity index (χ0v) is 9.13. The number of rotatable bonds is 2. The van der Waals surface area contributed by atoms with Crippen LogP contribution in [0.3, 0.4) is 0 Å². The smallest absolute Gasteiger partial charge is 0.252 e. The Balaban J connectivity index is 2.16. The van der Waals surface area contributed by atoms with Crippen LogP contribution in [0.2, 0.25) is 0 Å². The van der Waals surface area contributed by atoms with E-state index in [2.05, 4.69) is 10.6 Å². The standard InChI is InChI=1S/C12H16N2O/c1-8-4-3-5-9(2)11(8)12(15)14-10-6-13-7-10/h3-5,10,13H,6-7H2,1-2H3,(H,14,15). The number of benzene rings is 1. The number of amides is 1. The van der Waals surface area contributed by atoms with Crippen molar-refractivity contribution in [3.8, 4) is 0 Å². The summed E-state index contributed by atoms with van der Waals surface area (Å²) in [6, 6.07) is 6.23. The normalized spacial score (nSPS) is 15.9. The van der Waals surface area contributed by atoms with Crippen LogP contribution >= 0.6 is 0 Å². The second-order valence-electron chi connectivity index (χ2n) is 4.10. The summed E-state index contributed by atoms with van der Waals surface area (Å²) < 4.78 is 0. The predicted octanol–water partition coefficient (Wildman–Crippen LogP) is 1.01. The summed E-state index contributed by atoms with van der Waals surface area (Å²) in [5.74, 6) is 0.0529. The predicted molar refractivity (Wildman–Crippen MR) is 60.0 cm³/mol. The minimum Gasteiger partial charge on any atom is -0.347 e. The molecule has 1 aliphatic rings. The van der Waals surface area contributed by atoms with E-state index in [4.69, 9.17) is 0 Å². The molecule has 1 heterocycles. The molecular formula is C12H16N2O. The van der Waals surface area contributed by atoms with Gasteiger partial charge in [-0.25, -0.2) is 0 Å². The number of carbonyl (C=O) groups excluding carboxylic acids is 1. The van der Waals surface area contributed by atoms with E-state index in [0.29, 0.717) is 6.04 Å². The molecule has 1 fully saturated rings. The van der Waals surface area contributed by atoms with Gasteiger partial charge < -0.3 is 10.6 Å². The molecule has 0 bridgehead atoms. The Kier molecular flexibility index (Phi) is 2.73. The molecular weight excluding hydrogens is 188 g/mol. The molecule has 3 heteroatoms. The maximum Gasteiger partial charge on any atom is 0.252 e. The van der Waals surface area contributed by atoms with Crippen molar-refractivity contribution in [2.24, 2.45) is 0 Å². The molecule has 2 N–H and O–H groups in total. The van der Waals surface area contributed by atoms with Crippen LogP contribution in [0.4, 0.5) is 0 Å². The van der Waals surface area contributed by atoms with Gasteiger partial charge in [0.1, 0.15) is 0 Å². The summed E-state index contributed by atoms with van der Waals surface area (Å²) >= 11 is 0. The van der Waals surface area contributed by atoms with E-state index in [0.717, 1.165) is 29.8 Å². The Morgan fingerprint density at radius 2 is 1.93 bits per heavy atom. The van der Waals surface area contributed by atoms with E-state index < -0.39 is 0 Å². The molecule has 80 valence electrons. The zero-order valence-electron chi connectivity index (χ0n) is 9.13. The molecule has 2 rings (SSSR count). The van der Waals surface area contributed by atoms with Crippen LogP contribution in [-0.4, -0.2) is 25.0 Å². The van der Waals surface area contributed by atoms with Crippen LogP contribution in [0, 0.1) is 13.8 Å². The molecule has 15 heavy (non-hydrogen) atoms. The number of aryl methyl sites for hydroxylation is 2. The molecule has 1 aliphatic heterocycles. The van der Waals surface area contributed by atoms with Gasteiger partial charge in [0.2, 0.25) is 0 Å². The number of nitrogens with one attached hydrogen (secondary N) is 2. The Bertz CT molecular complexity index is 363. The lowest BCUT2D eigenvalue weighted by Gasteiger charge is -2.28. The first-order chi connectivity index (χ1) is 7.18. The van der Waals surface area contributed by atoms with E-state index in [1.165, 1.54) is 0 Å². The molecule has 1 saturated heterocycles. The summed E-state index contributed by atoms with van der Waals surface area (Å²) in [7, 11) is 0. The molecule has 1 aromatic carbocycles. The van der Waals surface area contributed by atoms with Crippen LogP contribution in [0.25, 0.3) is 0 Å². The summed E-state index contributed by atoms with van der Waals surface area (Å²) in [6.07, 6.45) is 0. The monoisotopic (exact) mass is 204 g/mol. The Hall–Kier alpha value is -1.35. The first-order valence-electron chi connectivity index (χ1n) is 5.26. The van der Waals surface area contributed by atoms with E-state index in [1.807, 2.05) is 32.0 Å². The number of hydrogen-bond donors (Lipinski definition) is 2. The second-order valence-corrected chi connectivity index (χ2v) is 4.10. The first kappa shape index (κ1) is 10.2. The van der Waals surface area contributed by atoms with Gasteiger partial charge in [0.25, 0.3) is 5.91 Å². The maximum absolute atomic E-state index is 12.0. The highest BCUT2D eigenvalue weighted by Crippen LogP contribution is 2.13. The summed E-state index contributed by atoms with van der Waals surface area (Å²) in [5.41, 5.74) is 2.91. The van der Waals surface area contributed by atoms with E-state index in [9.17, 15) is 4.79 Å². The van der Waals surface area contributed by atoms with Gasteiger partial charge in [-0.2, -0.15) is 0 Å². The average Bonchev–Trinajstić information content (AvgIpc) is 2.11. The van der Waals surface area contributed by atoms with Gasteiger partial charge in [-0.15, -0.1) is 0 Å². The van der Waals surface area contributed by atoms with Crippen LogP contribution in [-0.2, 0) is 0 Å². The second kappa shape index (κ2) is 4.03. The molecule has 0 radical (unpaired) electrons. The van der Waals surface area contributed by atoms with Crippen LogP contribution in [0.1, 0.15) is 21.5 Å². The highest BCUT2D eigenvalue weighted by Gasteiger charge is 2.20. The van der Waals surface area contributed by atoms with Crippen molar-refractivity contribution in [2.45, 2.75) is 19.9 Å². The van der Waals surface area contributed by atoms with Crippen molar-refractivity contribution >= 4 is 5.91 Å².